The van der Waals surface area contributed by atoms with Crippen LogP contribution in [0.15, 0.2) is 0 Å². The molecule has 3 heteroatoms. The van der Waals surface area contributed by atoms with Gasteiger partial charge in [-0.2, -0.15) is 0 Å². The molecule has 0 aromatic heterocycles. The predicted molar refractivity (Wildman–Crippen MR) is 78.2 cm³/mol. The lowest BCUT2D eigenvalue weighted by Crippen LogP contribution is -2.52. The number of hydrogen-bond donors (Lipinski definition) is 1. The third-order valence-corrected chi connectivity index (χ3v) is 5.46. The van der Waals surface area contributed by atoms with E-state index in [1.165, 1.54) is 32.1 Å². The van der Waals surface area contributed by atoms with E-state index in [1.807, 2.05) is 7.11 Å². The number of likely N-dealkylation sites (tertiary alicyclic amines) is 1. The first-order chi connectivity index (χ1) is 9.01. The van der Waals surface area contributed by atoms with Crippen LogP contribution in [0, 0.1) is 11.3 Å². The average Bonchev–Trinajstić information content (AvgIpc) is 2.42. The monoisotopic (exact) mass is 269 g/mol. The van der Waals surface area contributed by atoms with E-state index >= 15 is 0 Å². The maximum Gasteiger partial charge on any atom is 0.0777 e. The highest BCUT2D eigenvalue weighted by Crippen LogP contribution is 2.40. The SMILES string of the molecule is COC1(C)CCCN(CC2(CO)CCC(C)CC2)C1. The zero-order valence-corrected chi connectivity index (χ0v) is 13.0. The molecule has 1 aliphatic heterocycles. The maximum absolute atomic E-state index is 9.89. The summed E-state index contributed by atoms with van der Waals surface area (Å²) in [5, 5.41) is 9.89. The van der Waals surface area contributed by atoms with Gasteiger partial charge in [0.1, 0.15) is 0 Å². The normalized spacial score (nSPS) is 41.4. The summed E-state index contributed by atoms with van der Waals surface area (Å²) < 4.78 is 5.68. The molecule has 1 N–H and O–H groups in total. The Morgan fingerprint density at radius 1 is 1.26 bits per heavy atom. The summed E-state index contributed by atoms with van der Waals surface area (Å²) in [6.07, 6.45) is 7.28. The molecule has 2 aliphatic rings. The van der Waals surface area contributed by atoms with Gasteiger partial charge in [-0.05, 0) is 45.1 Å². The Morgan fingerprint density at radius 2 is 1.95 bits per heavy atom. The molecule has 1 aliphatic carbocycles. The van der Waals surface area contributed by atoms with Crippen LogP contribution in [0.1, 0.15) is 52.4 Å². The first-order valence-corrected chi connectivity index (χ1v) is 7.89. The Kier molecular flexibility index (Phi) is 4.91. The fourth-order valence-corrected chi connectivity index (χ4v) is 3.82. The van der Waals surface area contributed by atoms with Crippen molar-refractivity contribution in [3.8, 4) is 0 Å². The first-order valence-electron chi connectivity index (χ1n) is 7.89. The van der Waals surface area contributed by atoms with E-state index in [1.54, 1.807) is 0 Å². The highest BCUT2D eigenvalue weighted by atomic mass is 16.5. The van der Waals surface area contributed by atoms with Crippen molar-refractivity contribution in [3.05, 3.63) is 0 Å². The number of aliphatic hydroxyl groups excluding tert-OH is 1. The molecular formula is C16H31NO2. The lowest BCUT2D eigenvalue weighted by molar-refractivity contribution is -0.0687. The Labute approximate surface area is 118 Å². The van der Waals surface area contributed by atoms with Gasteiger partial charge in [0.2, 0.25) is 0 Å². The minimum atomic E-state index is 0.0108. The minimum Gasteiger partial charge on any atom is -0.396 e. The molecular weight excluding hydrogens is 238 g/mol. The summed E-state index contributed by atoms with van der Waals surface area (Å²) in [6.45, 7) is 8.13. The standard InChI is InChI=1S/C16H31NO2/c1-14-5-8-16(13-18,9-6-14)12-17-10-4-7-15(2,11-17)19-3/h14,18H,4-13H2,1-3H3. The Morgan fingerprint density at radius 3 is 2.53 bits per heavy atom. The van der Waals surface area contributed by atoms with E-state index in [-0.39, 0.29) is 11.0 Å². The van der Waals surface area contributed by atoms with Gasteiger partial charge in [-0.3, -0.25) is 4.90 Å². The number of hydrogen-bond acceptors (Lipinski definition) is 3. The van der Waals surface area contributed by atoms with E-state index < -0.39 is 0 Å². The van der Waals surface area contributed by atoms with Crippen molar-refractivity contribution < 1.29 is 9.84 Å². The molecule has 1 unspecified atom stereocenters. The highest BCUT2D eigenvalue weighted by Gasteiger charge is 2.38. The highest BCUT2D eigenvalue weighted by molar-refractivity contribution is 4.91. The van der Waals surface area contributed by atoms with E-state index in [0.717, 1.165) is 32.0 Å². The van der Waals surface area contributed by atoms with Crippen LogP contribution < -0.4 is 0 Å². The van der Waals surface area contributed by atoms with Crippen molar-refractivity contribution >= 4 is 0 Å². The van der Waals surface area contributed by atoms with Crippen molar-refractivity contribution in [2.24, 2.45) is 11.3 Å². The van der Waals surface area contributed by atoms with Gasteiger partial charge >= 0.3 is 0 Å². The van der Waals surface area contributed by atoms with E-state index in [2.05, 4.69) is 18.7 Å². The molecule has 0 spiro atoms. The largest absolute Gasteiger partial charge is 0.396 e. The third-order valence-electron chi connectivity index (χ3n) is 5.46. The second kappa shape index (κ2) is 6.11. The summed E-state index contributed by atoms with van der Waals surface area (Å²) in [4.78, 5) is 2.53. The smallest absolute Gasteiger partial charge is 0.0777 e. The molecule has 19 heavy (non-hydrogen) atoms. The van der Waals surface area contributed by atoms with Crippen molar-refractivity contribution in [1.29, 1.82) is 0 Å². The van der Waals surface area contributed by atoms with Crippen LogP contribution in [0.2, 0.25) is 0 Å². The van der Waals surface area contributed by atoms with Crippen molar-refractivity contribution in [2.45, 2.75) is 58.0 Å². The average molecular weight is 269 g/mol. The van der Waals surface area contributed by atoms with Crippen LogP contribution in [-0.2, 0) is 4.74 Å². The second-order valence-electron chi connectivity index (χ2n) is 7.31. The molecule has 0 radical (unpaired) electrons. The van der Waals surface area contributed by atoms with Gasteiger partial charge in [0.25, 0.3) is 0 Å². The summed E-state index contributed by atoms with van der Waals surface area (Å²) >= 11 is 0. The van der Waals surface area contributed by atoms with Crippen LogP contribution in [0.25, 0.3) is 0 Å². The molecule has 2 fully saturated rings. The van der Waals surface area contributed by atoms with Gasteiger partial charge in [-0.15, -0.1) is 0 Å². The van der Waals surface area contributed by atoms with Crippen molar-refractivity contribution in [2.75, 3.05) is 33.4 Å². The van der Waals surface area contributed by atoms with E-state index in [0.29, 0.717) is 6.61 Å². The summed E-state index contributed by atoms with van der Waals surface area (Å²) in [5.74, 6) is 0.838. The molecule has 1 atom stereocenters. The maximum atomic E-state index is 9.89. The van der Waals surface area contributed by atoms with Crippen LogP contribution in [0.4, 0.5) is 0 Å². The number of nitrogens with zero attached hydrogens (tertiary/aromatic N) is 1. The topological polar surface area (TPSA) is 32.7 Å². The molecule has 112 valence electrons. The van der Waals surface area contributed by atoms with Crippen molar-refractivity contribution in [3.63, 3.8) is 0 Å². The second-order valence-corrected chi connectivity index (χ2v) is 7.31. The fraction of sp³-hybridized carbons (Fsp3) is 1.00. The van der Waals surface area contributed by atoms with Gasteiger partial charge in [0.15, 0.2) is 0 Å². The van der Waals surface area contributed by atoms with Gasteiger partial charge in [0, 0.05) is 32.2 Å². The fourth-order valence-electron chi connectivity index (χ4n) is 3.82. The number of methoxy groups -OCH3 is 1. The minimum absolute atomic E-state index is 0.0108. The molecule has 0 amide bonds. The number of ether oxygens (including phenoxy) is 1. The van der Waals surface area contributed by atoms with Gasteiger partial charge in [-0.1, -0.05) is 19.8 Å². The molecule has 0 bridgehead atoms. The van der Waals surface area contributed by atoms with E-state index in [4.69, 9.17) is 4.74 Å². The number of rotatable bonds is 4. The summed E-state index contributed by atoms with van der Waals surface area (Å²) in [5.41, 5.74) is 0.162. The molecule has 2 rings (SSSR count). The first kappa shape index (κ1) is 15.3. The molecule has 1 saturated carbocycles. The Bertz CT molecular complexity index is 286. The van der Waals surface area contributed by atoms with Crippen LogP contribution in [0.5, 0.6) is 0 Å². The van der Waals surface area contributed by atoms with Crippen molar-refractivity contribution in [1.82, 2.24) is 4.90 Å². The quantitative estimate of drug-likeness (QED) is 0.851. The summed E-state index contributed by atoms with van der Waals surface area (Å²) in [6, 6.07) is 0. The molecule has 3 nitrogen and oxygen atoms in total. The van der Waals surface area contributed by atoms with E-state index in [9.17, 15) is 5.11 Å². The zero-order valence-electron chi connectivity index (χ0n) is 13.0. The van der Waals surface area contributed by atoms with Crippen LogP contribution >= 0.6 is 0 Å². The molecule has 1 saturated heterocycles. The third kappa shape index (κ3) is 3.71. The lowest BCUT2D eigenvalue weighted by atomic mass is 9.70. The lowest BCUT2D eigenvalue weighted by Gasteiger charge is -2.46. The molecule has 1 heterocycles. The Balaban J connectivity index is 1.94. The van der Waals surface area contributed by atoms with Gasteiger partial charge in [-0.25, -0.2) is 0 Å². The van der Waals surface area contributed by atoms with Crippen LogP contribution in [0.3, 0.4) is 0 Å². The summed E-state index contributed by atoms with van der Waals surface area (Å²) in [7, 11) is 1.83. The molecule has 0 aromatic rings. The zero-order chi connectivity index (χ0) is 13.9. The van der Waals surface area contributed by atoms with Gasteiger partial charge < -0.3 is 9.84 Å². The molecule has 0 aromatic carbocycles. The van der Waals surface area contributed by atoms with Crippen LogP contribution in [-0.4, -0.2) is 49.0 Å². The number of piperidine rings is 1. The predicted octanol–water partition coefficient (Wildman–Crippen LogP) is 2.68. The Hall–Kier alpha value is -0.120. The number of aliphatic hydroxyl groups is 1. The van der Waals surface area contributed by atoms with Gasteiger partial charge in [0.05, 0.1) is 5.60 Å².